The summed E-state index contributed by atoms with van der Waals surface area (Å²) in [4.78, 5) is 5.12. The van der Waals surface area contributed by atoms with E-state index in [1.165, 1.54) is 29.8 Å². The van der Waals surface area contributed by atoms with Gasteiger partial charge in [-0.05, 0) is 36.6 Å². The van der Waals surface area contributed by atoms with Crippen molar-refractivity contribution in [2.75, 3.05) is 42.9 Å². The Bertz CT molecular complexity index is 632. The Balaban J connectivity index is 1.30. The molecule has 1 atom stereocenters. The van der Waals surface area contributed by atoms with E-state index in [-0.39, 0.29) is 0 Å². The zero-order valence-corrected chi connectivity index (χ0v) is 13.6. The first-order chi connectivity index (χ1) is 11.4. The average molecular weight is 307 g/mol. The number of anilines is 2. The normalized spacial score (nSPS) is 21.6. The molecule has 2 aliphatic rings. The van der Waals surface area contributed by atoms with Crippen molar-refractivity contribution in [3.8, 4) is 0 Å². The lowest BCUT2D eigenvalue weighted by Gasteiger charge is -2.38. The summed E-state index contributed by atoms with van der Waals surface area (Å²) < 4.78 is 0. The minimum atomic E-state index is 0.591. The summed E-state index contributed by atoms with van der Waals surface area (Å²) in [6.07, 6.45) is 2.45. The fourth-order valence-corrected chi connectivity index (χ4v) is 3.78. The number of hydrogen-bond acceptors (Lipinski definition) is 3. The van der Waals surface area contributed by atoms with E-state index in [0.29, 0.717) is 6.04 Å². The summed E-state index contributed by atoms with van der Waals surface area (Å²) >= 11 is 0. The molecule has 0 radical (unpaired) electrons. The van der Waals surface area contributed by atoms with Crippen LogP contribution in [0.15, 0.2) is 54.6 Å². The number of hydrogen-bond donors (Lipinski definition) is 1. The molecule has 1 fully saturated rings. The van der Waals surface area contributed by atoms with Crippen LogP contribution in [0.5, 0.6) is 0 Å². The molecule has 0 amide bonds. The summed E-state index contributed by atoms with van der Waals surface area (Å²) in [5.41, 5.74) is 4.17. The molecule has 3 heteroatoms. The molecule has 0 aliphatic carbocycles. The molecular formula is C20H25N3. The van der Waals surface area contributed by atoms with Gasteiger partial charge in [0.15, 0.2) is 0 Å². The molecule has 0 aromatic heterocycles. The van der Waals surface area contributed by atoms with Crippen molar-refractivity contribution in [2.24, 2.45) is 0 Å². The number of nitrogens with zero attached hydrogens (tertiary/aromatic N) is 2. The standard InChI is InChI=1S/C20H25N3/c1-2-7-19(8-3-1)23-14-12-22(13-15-23)16-18-11-10-17-6-4-5-9-20(17)21-18/h1-9,18,21H,10-16H2. The van der Waals surface area contributed by atoms with E-state index in [4.69, 9.17) is 0 Å². The second-order valence-corrected chi connectivity index (χ2v) is 6.66. The van der Waals surface area contributed by atoms with Crippen LogP contribution >= 0.6 is 0 Å². The molecule has 3 nitrogen and oxygen atoms in total. The number of rotatable bonds is 3. The molecule has 2 aromatic carbocycles. The molecule has 0 bridgehead atoms. The zero-order valence-electron chi connectivity index (χ0n) is 13.6. The van der Waals surface area contributed by atoms with Crippen molar-refractivity contribution < 1.29 is 0 Å². The molecule has 0 saturated carbocycles. The number of para-hydroxylation sites is 2. The van der Waals surface area contributed by atoms with Crippen LogP contribution in [0.25, 0.3) is 0 Å². The number of piperazine rings is 1. The van der Waals surface area contributed by atoms with Gasteiger partial charge in [0.1, 0.15) is 0 Å². The summed E-state index contributed by atoms with van der Waals surface area (Å²) in [7, 11) is 0. The molecule has 120 valence electrons. The summed E-state index contributed by atoms with van der Waals surface area (Å²) in [5.74, 6) is 0. The van der Waals surface area contributed by atoms with Crippen LogP contribution in [0, 0.1) is 0 Å². The predicted molar refractivity (Wildman–Crippen MR) is 97.3 cm³/mol. The Kier molecular flexibility index (Phi) is 4.20. The highest BCUT2D eigenvalue weighted by molar-refractivity contribution is 5.53. The van der Waals surface area contributed by atoms with Gasteiger partial charge < -0.3 is 10.2 Å². The van der Waals surface area contributed by atoms with Gasteiger partial charge in [0.05, 0.1) is 0 Å². The number of aryl methyl sites for hydroxylation is 1. The monoisotopic (exact) mass is 307 g/mol. The molecular weight excluding hydrogens is 282 g/mol. The lowest BCUT2D eigenvalue weighted by Crippen LogP contribution is -2.50. The first-order valence-corrected chi connectivity index (χ1v) is 8.75. The lowest BCUT2D eigenvalue weighted by molar-refractivity contribution is 0.243. The topological polar surface area (TPSA) is 18.5 Å². The van der Waals surface area contributed by atoms with Crippen molar-refractivity contribution in [2.45, 2.75) is 18.9 Å². The molecule has 1 saturated heterocycles. The molecule has 2 aliphatic heterocycles. The van der Waals surface area contributed by atoms with Crippen molar-refractivity contribution in [3.05, 3.63) is 60.2 Å². The largest absolute Gasteiger partial charge is 0.381 e. The van der Waals surface area contributed by atoms with Gasteiger partial charge in [0.2, 0.25) is 0 Å². The number of nitrogens with one attached hydrogen (secondary N) is 1. The molecule has 23 heavy (non-hydrogen) atoms. The average Bonchev–Trinajstić information content (AvgIpc) is 2.63. The number of benzene rings is 2. The van der Waals surface area contributed by atoms with Gasteiger partial charge in [-0.15, -0.1) is 0 Å². The second kappa shape index (κ2) is 6.63. The predicted octanol–water partition coefficient (Wildman–Crippen LogP) is 3.24. The van der Waals surface area contributed by atoms with E-state index >= 15 is 0 Å². The fourth-order valence-electron chi connectivity index (χ4n) is 3.78. The first-order valence-electron chi connectivity index (χ1n) is 8.75. The summed E-state index contributed by atoms with van der Waals surface area (Å²) in [6, 6.07) is 20.1. The third kappa shape index (κ3) is 3.35. The Hall–Kier alpha value is -2.00. The van der Waals surface area contributed by atoms with Crippen molar-refractivity contribution >= 4 is 11.4 Å². The van der Waals surface area contributed by atoms with E-state index < -0.39 is 0 Å². The number of fused-ring (bicyclic) bond motifs is 1. The molecule has 2 aromatic rings. The van der Waals surface area contributed by atoms with Gasteiger partial charge in [-0.1, -0.05) is 36.4 Å². The van der Waals surface area contributed by atoms with Gasteiger partial charge >= 0.3 is 0 Å². The molecule has 1 N–H and O–H groups in total. The van der Waals surface area contributed by atoms with Crippen LogP contribution in [0.4, 0.5) is 11.4 Å². The van der Waals surface area contributed by atoms with E-state index in [1.807, 2.05) is 0 Å². The smallest absolute Gasteiger partial charge is 0.0391 e. The highest BCUT2D eigenvalue weighted by Crippen LogP contribution is 2.25. The van der Waals surface area contributed by atoms with Crippen LogP contribution in [0.3, 0.4) is 0 Å². The third-order valence-electron chi connectivity index (χ3n) is 5.11. The highest BCUT2D eigenvalue weighted by Gasteiger charge is 2.22. The minimum Gasteiger partial charge on any atom is -0.381 e. The molecule has 1 unspecified atom stereocenters. The molecule has 4 rings (SSSR count). The Labute approximate surface area is 138 Å². The Morgan fingerprint density at radius 1 is 0.870 bits per heavy atom. The minimum absolute atomic E-state index is 0.591. The molecule has 0 spiro atoms. The quantitative estimate of drug-likeness (QED) is 0.939. The first kappa shape index (κ1) is 14.6. The van der Waals surface area contributed by atoms with Crippen LogP contribution in [0.1, 0.15) is 12.0 Å². The van der Waals surface area contributed by atoms with Crippen LogP contribution in [-0.2, 0) is 6.42 Å². The maximum absolute atomic E-state index is 3.73. The van der Waals surface area contributed by atoms with E-state index in [1.54, 1.807) is 0 Å². The Morgan fingerprint density at radius 2 is 1.61 bits per heavy atom. The van der Waals surface area contributed by atoms with E-state index in [0.717, 1.165) is 32.7 Å². The van der Waals surface area contributed by atoms with Crippen LogP contribution in [-0.4, -0.2) is 43.7 Å². The second-order valence-electron chi connectivity index (χ2n) is 6.66. The van der Waals surface area contributed by atoms with E-state index in [9.17, 15) is 0 Å². The van der Waals surface area contributed by atoms with Crippen molar-refractivity contribution in [1.82, 2.24) is 4.90 Å². The van der Waals surface area contributed by atoms with Gasteiger partial charge in [-0.25, -0.2) is 0 Å². The van der Waals surface area contributed by atoms with Gasteiger partial charge in [-0.2, -0.15) is 0 Å². The fraction of sp³-hybridized carbons (Fsp3) is 0.400. The van der Waals surface area contributed by atoms with Crippen LogP contribution in [0.2, 0.25) is 0 Å². The van der Waals surface area contributed by atoms with Gasteiger partial charge in [0, 0.05) is 50.1 Å². The molecule has 2 heterocycles. The SMILES string of the molecule is c1ccc(N2CCN(CC3CCc4ccccc4N3)CC2)cc1. The third-order valence-corrected chi connectivity index (χ3v) is 5.11. The van der Waals surface area contributed by atoms with Gasteiger partial charge in [-0.3, -0.25) is 4.90 Å². The zero-order chi connectivity index (χ0) is 15.5. The van der Waals surface area contributed by atoms with Crippen LogP contribution < -0.4 is 10.2 Å². The van der Waals surface area contributed by atoms with Crippen molar-refractivity contribution in [3.63, 3.8) is 0 Å². The van der Waals surface area contributed by atoms with Crippen molar-refractivity contribution in [1.29, 1.82) is 0 Å². The Morgan fingerprint density at radius 3 is 2.43 bits per heavy atom. The maximum atomic E-state index is 3.73. The summed E-state index contributed by atoms with van der Waals surface area (Å²) in [6.45, 7) is 5.75. The lowest BCUT2D eigenvalue weighted by atomic mass is 9.97. The van der Waals surface area contributed by atoms with Gasteiger partial charge in [0.25, 0.3) is 0 Å². The maximum Gasteiger partial charge on any atom is 0.0391 e. The van der Waals surface area contributed by atoms with E-state index in [2.05, 4.69) is 69.7 Å². The highest BCUT2D eigenvalue weighted by atomic mass is 15.3. The summed E-state index contributed by atoms with van der Waals surface area (Å²) in [5, 5.41) is 3.73.